The summed E-state index contributed by atoms with van der Waals surface area (Å²) in [5.41, 5.74) is 2.70. The van der Waals surface area contributed by atoms with Gasteiger partial charge in [-0.15, -0.1) is 0 Å². The summed E-state index contributed by atoms with van der Waals surface area (Å²) in [6, 6.07) is 15.9. The number of ether oxygens (including phenoxy) is 2. The monoisotopic (exact) mass is 451 g/mol. The molecule has 0 bridgehead atoms. The minimum absolute atomic E-state index is 0.223. The molecule has 0 unspecified atom stereocenters. The molecule has 0 aliphatic heterocycles. The van der Waals surface area contributed by atoms with E-state index in [-0.39, 0.29) is 12.4 Å². The minimum atomic E-state index is 0.223. The Hall–Kier alpha value is -2.27. The van der Waals surface area contributed by atoms with Crippen molar-refractivity contribution in [2.45, 2.75) is 20.1 Å². The van der Waals surface area contributed by atoms with Crippen LogP contribution in [0.4, 0.5) is 5.69 Å². The van der Waals surface area contributed by atoms with Gasteiger partial charge in [0.1, 0.15) is 12.4 Å². The van der Waals surface area contributed by atoms with E-state index in [1.165, 1.54) is 0 Å². The molecule has 7 heteroatoms. The van der Waals surface area contributed by atoms with Crippen LogP contribution in [0, 0.1) is 0 Å². The topological polar surface area (TPSA) is 50.7 Å². The largest absolute Gasteiger partial charge is 0.508 e. The van der Waals surface area contributed by atoms with E-state index in [9.17, 15) is 5.11 Å². The van der Waals surface area contributed by atoms with Gasteiger partial charge in [0, 0.05) is 12.2 Å². The number of hydrogen-bond donors (Lipinski definition) is 2. The second kappa shape index (κ2) is 9.97. The highest BCUT2D eigenvalue weighted by Crippen LogP contribution is 2.37. The first-order valence-corrected chi connectivity index (χ1v) is 10.1. The lowest BCUT2D eigenvalue weighted by Gasteiger charge is -2.16. The first-order valence-electron chi connectivity index (χ1n) is 9.01. The van der Waals surface area contributed by atoms with Crippen LogP contribution < -0.4 is 14.8 Å². The molecule has 0 radical (unpaired) electrons. The smallest absolute Gasteiger partial charge is 0.180 e. The zero-order chi connectivity index (χ0) is 20.8. The Morgan fingerprint density at radius 1 is 0.828 bits per heavy atom. The van der Waals surface area contributed by atoms with Crippen molar-refractivity contribution in [2.75, 3.05) is 11.9 Å². The SMILES string of the molecule is CCOc1cc(CNc2ccc(O)cc2)cc(Cl)c1OCc1ccc(Cl)c(Cl)c1. The molecule has 152 valence electrons. The van der Waals surface area contributed by atoms with E-state index in [1.54, 1.807) is 36.4 Å². The summed E-state index contributed by atoms with van der Waals surface area (Å²) in [7, 11) is 0. The molecule has 0 aliphatic carbocycles. The van der Waals surface area contributed by atoms with Gasteiger partial charge in [0.25, 0.3) is 0 Å². The highest BCUT2D eigenvalue weighted by atomic mass is 35.5. The van der Waals surface area contributed by atoms with Crippen molar-refractivity contribution in [3.8, 4) is 17.2 Å². The summed E-state index contributed by atoms with van der Waals surface area (Å²) < 4.78 is 11.7. The van der Waals surface area contributed by atoms with Gasteiger partial charge in [0.05, 0.1) is 21.7 Å². The van der Waals surface area contributed by atoms with Crippen LogP contribution in [-0.2, 0) is 13.2 Å². The number of rotatable bonds is 8. The van der Waals surface area contributed by atoms with E-state index < -0.39 is 0 Å². The first-order chi connectivity index (χ1) is 14.0. The van der Waals surface area contributed by atoms with Crippen LogP contribution in [0.2, 0.25) is 15.1 Å². The molecule has 0 atom stereocenters. The minimum Gasteiger partial charge on any atom is -0.508 e. The zero-order valence-electron chi connectivity index (χ0n) is 15.7. The van der Waals surface area contributed by atoms with E-state index in [0.717, 1.165) is 16.8 Å². The number of anilines is 1. The average molecular weight is 453 g/mol. The lowest BCUT2D eigenvalue weighted by atomic mass is 10.2. The van der Waals surface area contributed by atoms with Gasteiger partial charge in [-0.3, -0.25) is 0 Å². The molecule has 0 amide bonds. The van der Waals surface area contributed by atoms with Crippen molar-refractivity contribution in [1.29, 1.82) is 0 Å². The normalized spacial score (nSPS) is 10.6. The fourth-order valence-electron chi connectivity index (χ4n) is 2.69. The molecule has 0 aromatic heterocycles. The van der Waals surface area contributed by atoms with Crippen molar-refractivity contribution in [2.24, 2.45) is 0 Å². The van der Waals surface area contributed by atoms with Crippen molar-refractivity contribution >= 4 is 40.5 Å². The summed E-state index contributed by atoms with van der Waals surface area (Å²) >= 11 is 18.5. The third-order valence-corrected chi connectivity index (χ3v) is 5.12. The molecule has 0 spiro atoms. The van der Waals surface area contributed by atoms with Gasteiger partial charge < -0.3 is 19.9 Å². The second-order valence-electron chi connectivity index (χ2n) is 6.28. The fraction of sp³-hybridized carbons (Fsp3) is 0.182. The van der Waals surface area contributed by atoms with Gasteiger partial charge >= 0.3 is 0 Å². The predicted octanol–water partition coefficient (Wildman–Crippen LogP) is 6.94. The van der Waals surface area contributed by atoms with Crippen molar-refractivity contribution in [1.82, 2.24) is 0 Å². The molecule has 3 rings (SSSR count). The van der Waals surface area contributed by atoms with Gasteiger partial charge in [-0.25, -0.2) is 0 Å². The Morgan fingerprint density at radius 2 is 1.55 bits per heavy atom. The summed E-state index contributed by atoms with van der Waals surface area (Å²) in [4.78, 5) is 0. The predicted molar refractivity (Wildman–Crippen MR) is 119 cm³/mol. The van der Waals surface area contributed by atoms with Gasteiger partial charge in [-0.05, 0) is 66.6 Å². The maximum absolute atomic E-state index is 9.38. The van der Waals surface area contributed by atoms with Crippen molar-refractivity contribution in [3.05, 3.63) is 80.8 Å². The summed E-state index contributed by atoms with van der Waals surface area (Å²) in [5.74, 6) is 1.27. The molecule has 0 fully saturated rings. The molecule has 0 saturated heterocycles. The van der Waals surface area contributed by atoms with Gasteiger partial charge in [-0.1, -0.05) is 40.9 Å². The molecule has 0 saturated carbocycles. The third kappa shape index (κ3) is 5.86. The number of phenols is 1. The standard InChI is InChI=1S/C22H20Cl3NO3/c1-2-28-21-11-15(12-26-16-4-6-17(27)7-5-16)10-20(25)22(21)29-13-14-3-8-18(23)19(24)9-14/h3-11,26-27H,2,12-13H2,1H3. The molecular weight excluding hydrogens is 433 g/mol. The van der Waals surface area contributed by atoms with Crippen molar-refractivity contribution < 1.29 is 14.6 Å². The van der Waals surface area contributed by atoms with Gasteiger partial charge in [0.2, 0.25) is 0 Å². The molecule has 2 N–H and O–H groups in total. The number of nitrogens with one attached hydrogen (secondary N) is 1. The lowest BCUT2D eigenvalue weighted by molar-refractivity contribution is 0.269. The summed E-state index contributed by atoms with van der Waals surface area (Å²) in [5, 5.41) is 14.1. The Kier molecular flexibility index (Phi) is 7.37. The molecular formula is C22H20Cl3NO3. The van der Waals surface area contributed by atoms with E-state index in [4.69, 9.17) is 44.3 Å². The number of aromatic hydroxyl groups is 1. The summed E-state index contributed by atoms with van der Waals surface area (Å²) in [6.07, 6.45) is 0. The number of phenolic OH excluding ortho intramolecular Hbond substituents is 1. The fourth-order valence-corrected chi connectivity index (χ4v) is 3.30. The number of halogens is 3. The van der Waals surface area contributed by atoms with Crippen LogP contribution in [0.25, 0.3) is 0 Å². The Balaban J connectivity index is 1.74. The molecule has 0 heterocycles. The van der Waals surface area contributed by atoms with E-state index >= 15 is 0 Å². The number of hydrogen-bond acceptors (Lipinski definition) is 4. The summed E-state index contributed by atoms with van der Waals surface area (Å²) in [6.45, 7) is 3.20. The van der Waals surface area contributed by atoms with Crippen LogP contribution >= 0.6 is 34.8 Å². The number of benzene rings is 3. The van der Waals surface area contributed by atoms with Crippen LogP contribution in [-0.4, -0.2) is 11.7 Å². The highest BCUT2D eigenvalue weighted by Gasteiger charge is 2.13. The first kappa shape index (κ1) is 21.4. The Morgan fingerprint density at radius 3 is 2.24 bits per heavy atom. The van der Waals surface area contributed by atoms with Crippen LogP contribution in [0.3, 0.4) is 0 Å². The molecule has 3 aromatic carbocycles. The van der Waals surface area contributed by atoms with Crippen LogP contribution in [0.5, 0.6) is 17.2 Å². The highest BCUT2D eigenvalue weighted by molar-refractivity contribution is 6.42. The van der Waals surface area contributed by atoms with Crippen LogP contribution in [0.1, 0.15) is 18.1 Å². The zero-order valence-corrected chi connectivity index (χ0v) is 18.0. The quantitative estimate of drug-likeness (QED) is 0.363. The molecule has 4 nitrogen and oxygen atoms in total. The molecule has 29 heavy (non-hydrogen) atoms. The van der Waals surface area contributed by atoms with E-state index in [1.807, 2.05) is 25.1 Å². The van der Waals surface area contributed by atoms with Crippen molar-refractivity contribution in [3.63, 3.8) is 0 Å². The molecule has 0 aliphatic rings. The maximum atomic E-state index is 9.38. The maximum Gasteiger partial charge on any atom is 0.180 e. The van der Waals surface area contributed by atoms with Gasteiger partial charge in [0.15, 0.2) is 11.5 Å². The lowest BCUT2D eigenvalue weighted by Crippen LogP contribution is -2.04. The second-order valence-corrected chi connectivity index (χ2v) is 7.50. The van der Waals surface area contributed by atoms with E-state index in [2.05, 4.69) is 5.32 Å². The average Bonchev–Trinajstić information content (AvgIpc) is 2.70. The van der Waals surface area contributed by atoms with E-state index in [0.29, 0.717) is 39.7 Å². The van der Waals surface area contributed by atoms with Crippen LogP contribution in [0.15, 0.2) is 54.6 Å². The third-order valence-electron chi connectivity index (χ3n) is 4.10. The Labute approximate surface area is 184 Å². The molecule has 3 aromatic rings. The van der Waals surface area contributed by atoms with Gasteiger partial charge in [-0.2, -0.15) is 0 Å². The Bertz CT molecular complexity index is 978.